The van der Waals surface area contributed by atoms with Crippen molar-refractivity contribution >= 4 is 12.0 Å². The second-order valence-electron chi connectivity index (χ2n) is 7.11. The van der Waals surface area contributed by atoms with Crippen LogP contribution in [0.2, 0.25) is 0 Å². The molecule has 2 unspecified atom stereocenters. The average Bonchev–Trinajstić information content (AvgIpc) is 3.15. The minimum absolute atomic E-state index is 0.117. The molecule has 0 bridgehead atoms. The number of aromatic nitrogens is 2. The molecular weight excluding hydrogens is 351 g/mol. The number of hydrogen-bond acceptors (Lipinski definition) is 3. The zero-order valence-electron chi connectivity index (χ0n) is 15.3. The van der Waals surface area contributed by atoms with Crippen LogP contribution in [-0.2, 0) is 4.79 Å². The van der Waals surface area contributed by atoms with Crippen molar-refractivity contribution in [1.29, 1.82) is 0 Å². The molecule has 2 aromatic rings. The summed E-state index contributed by atoms with van der Waals surface area (Å²) >= 11 is 0. The van der Waals surface area contributed by atoms with Gasteiger partial charge in [-0.1, -0.05) is 13.0 Å². The fourth-order valence-electron chi connectivity index (χ4n) is 3.45. The Hall–Kier alpha value is -2.90. The number of nitrogens with zero attached hydrogens (tertiary/aromatic N) is 3. The highest BCUT2D eigenvalue weighted by molar-refractivity contribution is 5.77. The predicted octanol–water partition coefficient (Wildman–Crippen LogP) is 2.82. The molecule has 0 aliphatic carbocycles. The number of halogens is 1. The summed E-state index contributed by atoms with van der Waals surface area (Å²) in [5.41, 5.74) is 0.952. The number of carbonyl (C=O) groups excluding carboxylic acids is 1. The minimum atomic E-state index is -0.885. The van der Waals surface area contributed by atoms with Gasteiger partial charge in [0.15, 0.2) is 0 Å². The molecule has 0 saturated carbocycles. The van der Waals surface area contributed by atoms with Crippen LogP contribution in [-0.4, -0.2) is 44.9 Å². The van der Waals surface area contributed by atoms with Crippen LogP contribution in [0.15, 0.2) is 36.7 Å². The Morgan fingerprint density at radius 2 is 2.15 bits per heavy atom. The van der Waals surface area contributed by atoms with Crippen LogP contribution < -0.4 is 5.32 Å². The molecular formula is C19H23FN4O3. The second kappa shape index (κ2) is 7.77. The van der Waals surface area contributed by atoms with Gasteiger partial charge in [0.2, 0.25) is 0 Å². The number of hydrogen-bond donors (Lipinski definition) is 2. The summed E-state index contributed by atoms with van der Waals surface area (Å²) in [6.07, 6.45) is 3.79. The van der Waals surface area contributed by atoms with E-state index in [4.69, 9.17) is 0 Å². The van der Waals surface area contributed by atoms with E-state index in [-0.39, 0.29) is 18.5 Å². The van der Waals surface area contributed by atoms with Crippen molar-refractivity contribution in [2.75, 3.05) is 13.1 Å². The van der Waals surface area contributed by atoms with E-state index in [0.29, 0.717) is 24.2 Å². The molecule has 1 aliphatic heterocycles. The van der Waals surface area contributed by atoms with Crippen molar-refractivity contribution in [3.05, 3.63) is 48.0 Å². The standard InChI is InChI=1S/C19H23FN4O3/c1-12-8-15(18(25)26)11-23(10-12)19(27)22-13(2)14-4-5-17(16(20)9-14)24-7-3-6-21-24/h3-7,9,12-13,15H,8,10-11H2,1-2H3,(H,22,27)(H,25,26)/t12?,13-,15?/m1/s1. The van der Waals surface area contributed by atoms with Crippen LogP contribution >= 0.6 is 0 Å². The van der Waals surface area contributed by atoms with Gasteiger partial charge in [-0.25, -0.2) is 13.9 Å². The molecule has 0 spiro atoms. The fraction of sp³-hybridized carbons (Fsp3) is 0.421. The first-order chi connectivity index (χ1) is 12.8. The lowest BCUT2D eigenvalue weighted by molar-refractivity contribution is -0.143. The van der Waals surface area contributed by atoms with E-state index in [1.807, 2.05) is 6.92 Å². The molecule has 144 valence electrons. The normalized spacial score (nSPS) is 20.9. The molecule has 3 atom stereocenters. The Balaban J connectivity index is 1.67. The van der Waals surface area contributed by atoms with Gasteiger partial charge in [-0.2, -0.15) is 5.10 Å². The van der Waals surface area contributed by atoms with Crippen LogP contribution in [0.3, 0.4) is 0 Å². The lowest BCUT2D eigenvalue weighted by atomic mass is 9.91. The van der Waals surface area contributed by atoms with Gasteiger partial charge in [-0.15, -0.1) is 0 Å². The molecule has 1 aliphatic rings. The Labute approximate surface area is 156 Å². The molecule has 2 N–H and O–H groups in total. The van der Waals surface area contributed by atoms with Crippen molar-refractivity contribution in [3.8, 4) is 5.69 Å². The van der Waals surface area contributed by atoms with Gasteiger partial charge in [-0.05, 0) is 43.0 Å². The zero-order chi connectivity index (χ0) is 19.6. The van der Waals surface area contributed by atoms with E-state index in [1.165, 1.54) is 15.6 Å². The van der Waals surface area contributed by atoms with E-state index in [0.717, 1.165) is 0 Å². The van der Waals surface area contributed by atoms with Gasteiger partial charge < -0.3 is 15.3 Å². The Bertz CT molecular complexity index is 824. The molecule has 8 heteroatoms. The summed E-state index contributed by atoms with van der Waals surface area (Å²) in [5, 5.41) is 16.1. The molecule has 1 aromatic heterocycles. The summed E-state index contributed by atoms with van der Waals surface area (Å²) in [6.45, 7) is 4.39. The third-order valence-corrected chi connectivity index (χ3v) is 4.86. The number of carbonyl (C=O) groups is 2. The fourth-order valence-corrected chi connectivity index (χ4v) is 3.45. The molecule has 2 amide bonds. The lowest BCUT2D eigenvalue weighted by Gasteiger charge is -2.35. The molecule has 27 heavy (non-hydrogen) atoms. The number of carboxylic acids is 1. The van der Waals surface area contributed by atoms with E-state index >= 15 is 0 Å². The van der Waals surface area contributed by atoms with Gasteiger partial charge in [0, 0.05) is 25.5 Å². The average molecular weight is 374 g/mol. The number of piperidine rings is 1. The summed E-state index contributed by atoms with van der Waals surface area (Å²) < 4.78 is 15.8. The second-order valence-corrected chi connectivity index (χ2v) is 7.11. The van der Waals surface area contributed by atoms with E-state index in [9.17, 15) is 19.1 Å². The molecule has 0 radical (unpaired) electrons. The van der Waals surface area contributed by atoms with E-state index < -0.39 is 23.7 Å². The van der Waals surface area contributed by atoms with Gasteiger partial charge in [0.05, 0.1) is 12.0 Å². The van der Waals surface area contributed by atoms with Crippen LogP contribution in [0, 0.1) is 17.7 Å². The van der Waals surface area contributed by atoms with Crippen LogP contribution in [0.1, 0.15) is 31.9 Å². The quantitative estimate of drug-likeness (QED) is 0.861. The number of likely N-dealkylation sites (tertiary alicyclic amines) is 1. The summed E-state index contributed by atoms with van der Waals surface area (Å²) in [6, 6.07) is 5.69. The maximum Gasteiger partial charge on any atom is 0.317 e. The Morgan fingerprint density at radius 3 is 2.78 bits per heavy atom. The van der Waals surface area contributed by atoms with Crippen molar-refractivity contribution < 1.29 is 19.1 Å². The van der Waals surface area contributed by atoms with E-state index in [1.54, 1.807) is 37.5 Å². The number of amides is 2. The Kier molecular flexibility index (Phi) is 5.43. The van der Waals surface area contributed by atoms with Gasteiger partial charge >= 0.3 is 12.0 Å². The van der Waals surface area contributed by atoms with Crippen LogP contribution in [0.4, 0.5) is 9.18 Å². The van der Waals surface area contributed by atoms with Crippen molar-refractivity contribution in [1.82, 2.24) is 20.0 Å². The predicted molar refractivity (Wildman–Crippen MR) is 96.9 cm³/mol. The monoisotopic (exact) mass is 374 g/mol. The number of benzene rings is 1. The topological polar surface area (TPSA) is 87.5 Å². The molecule has 2 heterocycles. The smallest absolute Gasteiger partial charge is 0.317 e. The lowest BCUT2D eigenvalue weighted by Crippen LogP contribution is -2.49. The number of aliphatic carboxylic acids is 1. The van der Waals surface area contributed by atoms with Crippen molar-refractivity contribution in [2.45, 2.75) is 26.3 Å². The van der Waals surface area contributed by atoms with E-state index in [2.05, 4.69) is 10.4 Å². The number of urea groups is 1. The largest absolute Gasteiger partial charge is 0.481 e. The van der Waals surface area contributed by atoms with Crippen LogP contribution in [0.5, 0.6) is 0 Å². The first-order valence-corrected chi connectivity index (χ1v) is 8.93. The highest BCUT2D eigenvalue weighted by atomic mass is 19.1. The SMILES string of the molecule is CC1CC(C(=O)O)CN(C(=O)N[C@H](C)c2ccc(-n3cccn3)c(F)c2)C1. The molecule has 1 aromatic carbocycles. The maximum atomic E-state index is 14.4. The zero-order valence-corrected chi connectivity index (χ0v) is 15.3. The third kappa shape index (κ3) is 4.27. The van der Waals surface area contributed by atoms with Gasteiger partial charge in [0.25, 0.3) is 0 Å². The highest BCUT2D eigenvalue weighted by Gasteiger charge is 2.32. The first kappa shape index (κ1) is 18.9. The molecule has 3 rings (SSSR count). The number of rotatable bonds is 4. The summed E-state index contributed by atoms with van der Waals surface area (Å²) in [5.74, 6) is -1.76. The third-order valence-electron chi connectivity index (χ3n) is 4.86. The van der Waals surface area contributed by atoms with Gasteiger partial charge in [-0.3, -0.25) is 4.79 Å². The van der Waals surface area contributed by atoms with Crippen LogP contribution in [0.25, 0.3) is 5.69 Å². The molecule has 1 saturated heterocycles. The molecule has 7 nitrogen and oxygen atoms in total. The number of carboxylic acid groups (broad SMARTS) is 1. The highest BCUT2D eigenvalue weighted by Crippen LogP contribution is 2.23. The summed E-state index contributed by atoms with van der Waals surface area (Å²) in [7, 11) is 0. The van der Waals surface area contributed by atoms with Crippen molar-refractivity contribution in [2.24, 2.45) is 11.8 Å². The first-order valence-electron chi connectivity index (χ1n) is 8.93. The molecule has 1 fully saturated rings. The number of nitrogens with one attached hydrogen (secondary N) is 1. The minimum Gasteiger partial charge on any atom is -0.481 e. The van der Waals surface area contributed by atoms with Gasteiger partial charge in [0.1, 0.15) is 11.5 Å². The maximum absolute atomic E-state index is 14.4. The van der Waals surface area contributed by atoms with Crippen molar-refractivity contribution in [3.63, 3.8) is 0 Å². The Morgan fingerprint density at radius 1 is 1.37 bits per heavy atom. The summed E-state index contributed by atoms with van der Waals surface area (Å²) in [4.78, 5) is 25.3.